The zero-order chi connectivity index (χ0) is 13.2. The van der Waals surface area contributed by atoms with Crippen LogP contribution in [0.5, 0.6) is 0 Å². The van der Waals surface area contributed by atoms with Crippen LogP contribution >= 0.6 is 0 Å². The Morgan fingerprint density at radius 3 is 2.63 bits per heavy atom. The summed E-state index contributed by atoms with van der Waals surface area (Å²) in [6.07, 6.45) is 5.05. The second-order valence-electron chi connectivity index (χ2n) is 5.83. The molecule has 2 saturated carbocycles. The van der Waals surface area contributed by atoms with Gasteiger partial charge in [-0.05, 0) is 56.2 Å². The van der Waals surface area contributed by atoms with E-state index in [4.69, 9.17) is 4.74 Å². The molecule has 0 unspecified atom stereocenters. The van der Waals surface area contributed by atoms with Crippen molar-refractivity contribution < 1.29 is 9.13 Å². The van der Waals surface area contributed by atoms with Crippen LogP contribution in [0.3, 0.4) is 0 Å². The minimum Gasteiger partial charge on any atom is -0.378 e. The van der Waals surface area contributed by atoms with Crippen molar-refractivity contribution in [1.82, 2.24) is 5.32 Å². The van der Waals surface area contributed by atoms with Gasteiger partial charge in [0.05, 0.1) is 6.10 Å². The topological polar surface area (TPSA) is 21.3 Å². The zero-order valence-corrected chi connectivity index (χ0v) is 11.4. The molecule has 2 fully saturated rings. The Labute approximate surface area is 114 Å². The molecule has 3 heteroatoms. The van der Waals surface area contributed by atoms with Gasteiger partial charge in [0.2, 0.25) is 0 Å². The minimum atomic E-state index is -0.118. The van der Waals surface area contributed by atoms with E-state index in [9.17, 15) is 4.39 Å². The van der Waals surface area contributed by atoms with Gasteiger partial charge >= 0.3 is 0 Å². The normalized spacial score (nSPS) is 33.6. The van der Waals surface area contributed by atoms with Crippen molar-refractivity contribution in [3.63, 3.8) is 0 Å². The highest BCUT2D eigenvalue weighted by Gasteiger charge is 2.36. The lowest BCUT2D eigenvalue weighted by Gasteiger charge is -2.43. The Morgan fingerprint density at radius 2 is 1.95 bits per heavy atom. The number of rotatable bonds is 5. The maximum atomic E-state index is 13.1. The molecule has 0 aliphatic heterocycles. The second-order valence-corrected chi connectivity index (χ2v) is 5.83. The number of hydrogen-bond donors (Lipinski definition) is 1. The van der Waals surface area contributed by atoms with Gasteiger partial charge in [-0.1, -0.05) is 12.1 Å². The van der Waals surface area contributed by atoms with Crippen molar-refractivity contribution in [3.05, 3.63) is 35.6 Å². The van der Waals surface area contributed by atoms with Crippen LogP contribution < -0.4 is 5.32 Å². The van der Waals surface area contributed by atoms with Gasteiger partial charge < -0.3 is 10.1 Å². The fourth-order valence-corrected chi connectivity index (χ4v) is 3.19. The highest BCUT2D eigenvalue weighted by atomic mass is 19.1. The SMILES string of the molecule is CCOC1CC(NC2CC(c3cccc(F)c3)C2)C1. The van der Waals surface area contributed by atoms with Crippen LogP contribution in [0.2, 0.25) is 0 Å². The monoisotopic (exact) mass is 263 g/mol. The van der Waals surface area contributed by atoms with E-state index in [1.165, 1.54) is 6.07 Å². The number of benzene rings is 1. The molecule has 0 aromatic heterocycles. The number of halogens is 1. The van der Waals surface area contributed by atoms with Crippen LogP contribution in [-0.2, 0) is 4.74 Å². The first-order chi connectivity index (χ1) is 9.24. The Kier molecular flexibility index (Phi) is 3.85. The van der Waals surface area contributed by atoms with E-state index in [0.29, 0.717) is 24.1 Å². The van der Waals surface area contributed by atoms with E-state index < -0.39 is 0 Å². The van der Waals surface area contributed by atoms with Crippen molar-refractivity contribution in [1.29, 1.82) is 0 Å². The van der Waals surface area contributed by atoms with Crippen molar-refractivity contribution >= 4 is 0 Å². The van der Waals surface area contributed by atoms with E-state index in [1.54, 1.807) is 6.07 Å². The molecule has 3 rings (SSSR count). The van der Waals surface area contributed by atoms with E-state index in [-0.39, 0.29) is 5.82 Å². The Bertz CT molecular complexity index is 425. The quantitative estimate of drug-likeness (QED) is 0.880. The lowest BCUT2D eigenvalue weighted by Crippen LogP contribution is -2.52. The minimum absolute atomic E-state index is 0.118. The van der Waals surface area contributed by atoms with Crippen LogP contribution in [0, 0.1) is 5.82 Å². The molecular formula is C16H22FNO. The first kappa shape index (κ1) is 13.1. The maximum Gasteiger partial charge on any atom is 0.123 e. The maximum absolute atomic E-state index is 13.1. The van der Waals surface area contributed by atoms with Crippen molar-refractivity contribution in [2.45, 2.75) is 56.7 Å². The Hall–Kier alpha value is -0.930. The summed E-state index contributed by atoms with van der Waals surface area (Å²) in [5.41, 5.74) is 1.15. The largest absolute Gasteiger partial charge is 0.378 e. The molecule has 0 radical (unpaired) electrons. The molecule has 19 heavy (non-hydrogen) atoms. The summed E-state index contributed by atoms with van der Waals surface area (Å²) in [5.74, 6) is 0.420. The average molecular weight is 263 g/mol. The molecule has 104 valence electrons. The molecule has 1 aromatic carbocycles. The van der Waals surface area contributed by atoms with Crippen molar-refractivity contribution in [2.24, 2.45) is 0 Å². The summed E-state index contributed by atoms with van der Waals surface area (Å²) in [6, 6.07) is 8.29. The molecule has 2 aliphatic rings. The predicted molar refractivity (Wildman–Crippen MR) is 73.7 cm³/mol. The van der Waals surface area contributed by atoms with Crippen molar-refractivity contribution in [3.8, 4) is 0 Å². The molecule has 0 atom stereocenters. The summed E-state index contributed by atoms with van der Waals surface area (Å²) in [5, 5.41) is 3.68. The third-order valence-corrected chi connectivity index (χ3v) is 4.43. The molecule has 0 heterocycles. The fourth-order valence-electron chi connectivity index (χ4n) is 3.19. The Balaban J connectivity index is 1.39. The lowest BCUT2D eigenvalue weighted by atomic mass is 9.74. The Morgan fingerprint density at radius 1 is 1.21 bits per heavy atom. The summed E-state index contributed by atoms with van der Waals surface area (Å²) < 4.78 is 18.7. The summed E-state index contributed by atoms with van der Waals surface area (Å²) in [4.78, 5) is 0. The van der Waals surface area contributed by atoms with Gasteiger partial charge in [0.1, 0.15) is 5.82 Å². The molecule has 0 amide bonds. The highest BCUT2D eigenvalue weighted by Crippen LogP contribution is 2.38. The van der Waals surface area contributed by atoms with Gasteiger partial charge in [-0.15, -0.1) is 0 Å². The van der Waals surface area contributed by atoms with Crippen LogP contribution in [0.15, 0.2) is 24.3 Å². The van der Waals surface area contributed by atoms with Gasteiger partial charge in [0, 0.05) is 18.7 Å². The first-order valence-electron chi connectivity index (χ1n) is 7.37. The molecular weight excluding hydrogens is 241 g/mol. The van der Waals surface area contributed by atoms with E-state index in [1.807, 2.05) is 12.1 Å². The molecule has 1 aromatic rings. The third kappa shape index (κ3) is 2.98. The average Bonchev–Trinajstić information content (AvgIpc) is 2.29. The molecule has 1 N–H and O–H groups in total. The van der Waals surface area contributed by atoms with Crippen molar-refractivity contribution in [2.75, 3.05) is 6.61 Å². The van der Waals surface area contributed by atoms with Gasteiger partial charge in [-0.2, -0.15) is 0 Å². The van der Waals surface area contributed by atoms with Gasteiger partial charge in [-0.3, -0.25) is 0 Å². The van der Waals surface area contributed by atoms with Gasteiger partial charge in [-0.25, -0.2) is 4.39 Å². The molecule has 0 bridgehead atoms. The van der Waals surface area contributed by atoms with E-state index in [0.717, 1.165) is 37.9 Å². The fraction of sp³-hybridized carbons (Fsp3) is 0.625. The molecule has 2 aliphatic carbocycles. The molecule has 2 nitrogen and oxygen atoms in total. The lowest BCUT2D eigenvalue weighted by molar-refractivity contribution is -0.0154. The molecule has 0 saturated heterocycles. The summed E-state index contributed by atoms with van der Waals surface area (Å²) in [6.45, 7) is 2.87. The highest BCUT2D eigenvalue weighted by molar-refractivity contribution is 5.23. The molecule has 0 spiro atoms. The van der Waals surface area contributed by atoms with E-state index >= 15 is 0 Å². The van der Waals surface area contributed by atoms with Crippen LogP contribution in [0.1, 0.15) is 44.1 Å². The van der Waals surface area contributed by atoms with Gasteiger partial charge in [0.15, 0.2) is 0 Å². The second kappa shape index (κ2) is 5.59. The standard InChI is InChI=1S/C16H22FNO/c1-2-19-16-9-15(10-16)18-14-7-12(8-14)11-4-3-5-13(17)6-11/h3-6,12,14-16,18H,2,7-10H2,1H3. The first-order valence-corrected chi connectivity index (χ1v) is 7.37. The third-order valence-electron chi connectivity index (χ3n) is 4.43. The zero-order valence-electron chi connectivity index (χ0n) is 11.4. The number of ether oxygens (including phenoxy) is 1. The van der Waals surface area contributed by atoms with E-state index in [2.05, 4.69) is 12.2 Å². The summed E-state index contributed by atoms with van der Waals surface area (Å²) in [7, 11) is 0. The smallest absolute Gasteiger partial charge is 0.123 e. The van der Waals surface area contributed by atoms with Gasteiger partial charge in [0.25, 0.3) is 0 Å². The van der Waals surface area contributed by atoms with Crippen LogP contribution in [0.4, 0.5) is 4.39 Å². The van der Waals surface area contributed by atoms with Crippen LogP contribution in [0.25, 0.3) is 0 Å². The summed E-state index contributed by atoms with van der Waals surface area (Å²) >= 11 is 0. The van der Waals surface area contributed by atoms with Crippen LogP contribution in [-0.4, -0.2) is 24.8 Å². The number of hydrogen-bond acceptors (Lipinski definition) is 2. The number of nitrogens with one attached hydrogen (secondary N) is 1. The predicted octanol–water partition coefficient (Wildman–Crippen LogP) is 3.23.